The van der Waals surface area contributed by atoms with Gasteiger partial charge in [0.1, 0.15) is 6.33 Å². The number of nitrogens with zero attached hydrogens (tertiary/aromatic N) is 2. The third-order valence-corrected chi connectivity index (χ3v) is 1.97. The van der Waals surface area contributed by atoms with Gasteiger partial charge in [0.25, 0.3) is 0 Å². The monoisotopic (exact) mass is 165 g/mol. The summed E-state index contributed by atoms with van der Waals surface area (Å²) in [6.07, 6.45) is 2.56. The summed E-state index contributed by atoms with van der Waals surface area (Å²) < 4.78 is 0. The molecule has 1 aromatic rings. The lowest BCUT2D eigenvalue weighted by Gasteiger charge is -2.07. The van der Waals surface area contributed by atoms with Gasteiger partial charge < -0.3 is 5.73 Å². The molecule has 1 heterocycles. The van der Waals surface area contributed by atoms with Crippen LogP contribution in [-0.4, -0.2) is 16.5 Å². The van der Waals surface area contributed by atoms with Crippen molar-refractivity contribution < 1.29 is 0 Å². The molecule has 0 radical (unpaired) electrons. The van der Waals surface area contributed by atoms with Gasteiger partial charge in [0, 0.05) is 23.9 Å². The highest BCUT2D eigenvalue weighted by atomic mass is 14.8. The summed E-state index contributed by atoms with van der Waals surface area (Å²) in [6.45, 7) is 4.79. The van der Waals surface area contributed by atoms with E-state index in [0.29, 0.717) is 12.5 Å². The SMILES string of the molecule is CCc1cc(C(C)CN)ncn1. The van der Waals surface area contributed by atoms with Gasteiger partial charge in [-0.3, -0.25) is 0 Å². The number of hydrogen-bond acceptors (Lipinski definition) is 3. The molecule has 0 saturated heterocycles. The van der Waals surface area contributed by atoms with Crippen LogP contribution in [0.2, 0.25) is 0 Å². The van der Waals surface area contributed by atoms with Gasteiger partial charge in [0.2, 0.25) is 0 Å². The summed E-state index contributed by atoms with van der Waals surface area (Å²) in [5.74, 6) is 0.332. The van der Waals surface area contributed by atoms with E-state index in [1.807, 2.05) is 6.07 Å². The molecule has 2 N–H and O–H groups in total. The molecule has 3 heteroatoms. The molecule has 0 aliphatic rings. The van der Waals surface area contributed by atoms with Gasteiger partial charge in [0.15, 0.2) is 0 Å². The topological polar surface area (TPSA) is 51.8 Å². The van der Waals surface area contributed by atoms with Gasteiger partial charge in [-0.05, 0) is 12.5 Å². The van der Waals surface area contributed by atoms with E-state index in [4.69, 9.17) is 5.73 Å². The second kappa shape index (κ2) is 4.16. The minimum atomic E-state index is 0.332. The molecule has 0 aliphatic heterocycles. The van der Waals surface area contributed by atoms with Crippen molar-refractivity contribution in [2.24, 2.45) is 5.73 Å². The van der Waals surface area contributed by atoms with Crippen molar-refractivity contribution in [3.63, 3.8) is 0 Å². The maximum Gasteiger partial charge on any atom is 0.115 e. The fourth-order valence-corrected chi connectivity index (χ4v) is 0.999. The van der Waals surface area contributed by atoms with Crippen LogP contribution in [0.25, 0.3) is 0 Å². The molecule has 1 unspecified atom stereocenters. The predicted octanol–water partition coefficient (Wildman–Crippen LogP) is 1.10. The Kier molecular flexibility index (Phi) is 3.17. The first kappa shape index (κ1) is 9.13. The van der Waals surface area contributed by atoms with Crippen molar-refractivity contribution in [1.29, 1.82) is 0 Å². The third-order valence-electron chi connectivity index (χ3n) is 1.97. The Bertz CT molecular complexity index is 247. The van der Waals surface area contributed by atoms with Crippen LogP contribution >= 0.6 is 0 Å². The van der Waals surface area contributed by atoms with E-state index in [1.54, 1.807) is 6.33 Å². The van der Waals surface area contributed by atoms with Gasteiger partial charge in [-0.25, -0.2) is 9.97 Å². The average molecular weight is 165 g/mol. The molecule has 0 bridgehead atoms. The molecule has 3 nitrogen and oxygen atoms in total. The Labute approximate surface area is 73.0 Å². The standard InChI is InChI=1S/C9H15N3/c1-3-8-4-9(7(2)5-10)12-6-11-8/h4,6-7H,3,5,10H2,1-2H3. The molecular formula is C9H15N3. The fraction of sp³-hybridized carbons (Fsp3) is 0.556. The highest BCUT2D eigenvalue weighted by Gasteiger charge is 2.04. The van der Waals surface area contributed by atoms with Crippen molar-refractivity contribution in [2.75, 3.05) is 6.54 Å². The summed E-state index contributed by atoms with van der Waals surface area (Å²) in [4.78, 5) is 8.29. The first-order valence-electron chi connectivity index (χ1n) is 4.28. The summed E-state index contributed by atoms with van der Waals surface area (Å²) in [5, 5.41) is 0. The lowest BCUT2D eigenvalue weighted by atomic mass is 10.1. The molecule has 0 aromatic carbocycles. The van der Waals surface area contributed by atoms with Crippen molar-refractivity contribution in [2.45, 2.75) is 26.2 Å². The molecule has 0 spiro atoms. The highest BCUT2D eigenvalue weighted by molar-refractivity contribution is 5.12. The van der Waals surface area contributed by atoms with E-state index in [2.05, 4.69) is 23.8 Å². The van der Waals surface area contributed by atoms with Gasteiger partial charge in [-0.15, -0.1) is 0 Å². The summed E-state index contributed by atoms with van der Waals surface area (Å²) in [6, 6.07) is 2.03. The lowest BCUT2D eigenvalue weighted by Crippen LogP contribution is -2.11. The van der Waals surface area contributed by atoms with E-state index in [1.165, 1.54) is 0 Å². The Morgan fingerprint density at radius 1 is 1.50 bits per heavy atom. The van der Waals surface area contributed by atoms with Crippen LogP contribution in [0.3, 0.4) is 0 Å². The molecule has 0 fully saturated rings. The first-order valence-corrected chi connectivity index (χ1v) is 4.28. The minimum absolute atomic E-state index is 0.332. The van der Waals surface area contributed by atoms with Crippen LogP contribution in [0.15, 0.2) is 12.4 Å². The lowest BCUT2D eigenvalue weighted by molar-refractivity contribution is 0.735. The predicted molar refractivity (Wildman–Crippen MR) is 48.9 cm³/mol. The van der Waals surface area contributed by atoms with Gasteiger partial charge in [-0.2, -0.15) is 0 Å². The Morgan fingerprint density at radius 3 is 2.83 bits per heavy atom. The van der Waals surface area contributed by atoms with E-state index in [9.17, 15) is 0 Å². The second-order valence-corrected chi connectivity index (χ2v) is 2.92. The van der Waals surface area contributed by atoms with Crippen molar-refractivity contribution >= 4 is 0 Å². The van der Waals surface area contributed by atoms with Crippen LogP contribution in [0, 0.1) is 0 Å². The quantitative estimate of drug-likeness (QED) is 0.729. The van der Waals surface area contributed by atoms with E-state index in [0.717, 1.165) is 17.8 Å². The number of nitrogens with two attached hydrogens (primary N) is 1. The van der Waals surface area contributed by atoms with E-state index >= 15 is 0 Å². The highest BCUT2D eigenvalue weighted by Crippen LogP contribution is 2.10. The van der Waals surface area contributed by atoms with Gasteiger partial charge in [-0.1, -0.05) is 13.8 Å². The Balaban J connectivity index is 2.86. The number of rotatable bonds is 3. The normalized spacial score (nSPS) is 12.9. The van der Waals surface area contributed by atoms with E-state index < -0.39 is 0 Å². The minimum Gasteiger partial charge on any atom is -0.330 e. The van der Waals surface area contributed by atoms with Crippen molar-refractivity contribution in [1.82, 2.24) is 9.97 Å². The van der Waals surface area contributed by atoms with Crippen molar-refractivity contribution in [3.05, 3.63) is 23.8 Å². The van der Waals surface area contributed by atoms with Crippen LogP contribution in [-0.2, 0) is 6.42 Å². The molecule has 66 valence electrons. The van der Waals surface area contributed by atoms with Crippen LogP contribution in [0.4, 0.5) is 0 Å². The van der Waals surface area contributed by atoms with Crippen LogP contribution < -0.4 is 5.73 Å². The Morgan fingerprint density at radius 2 is 2.25 bits per heavy atom. The zero-order valence-electron chi connectivity index (χ0n) is 7.62. The molecule has 1 aromatic heterocycles. The number of hydrogen-bond donors (Lipinski definition) is 1. The molecule has 1 rings (SSSR count). The van der Waals surface area contributed by atoms with Crippen molar-refractivity contribution in [3.8, 4) is 0 Å². The number of aromatic nitrogens is 2. The molecule has 12 heavy (non-hydrogen) atoms. The average Bonchev–Trinajstić information content (AvgIpc) is 2.17. The molecular weight excluding hydrogens is 150 g/mol. The number of aryl methyl sites for hydroxylation is 1. The molecule has 0 aliphatic carbocycles. The smallest absolute Gasteiger partial charge is 0.115 e. The van der Waals surface area contributed by atoms with E-state index in [-0.39, 0.29) is 0 Å². The maximum atomic E-state index is 5.54. The maximum absolute atomic E-state index is 5.54. The molecule has 0 amide bonds. The van der Waals surface area contributed by atoms with Crippen LogP contribution in [0.5, 0.6) is 0 Å². The third kappa shape index (κ3) is 2.01. The van der Waals surface area contributed by atoms with Gasteiger partial charge in [0.05, 0.1) is 0 Å². The second-order valence-electron chi connectivity index (χ2n) is 2.92. The summed E-state index contributed by atoms with van der Waals surface area (Å²) in [7, 11) is 0. The van der Waals surface area contributed by atoms with Gasteiger partial charge >= 0.3 is 0 Å². The Hall–Kier alpha value is -0.960. The first-order chi connectivity index (χ1) is 5.77. The zero-order valence-corrected chi connectivity index (χ0v) is 7.62. The molecule has 0 saturated carbocycles. The largest absolute Gasteiger partial charge is 0.330 e. The fourth-order valence-electron chi connectivity index (χ4n) is 0.999. The zero-order chi connectivity index (χ0) is 8.97. The summed E-state index contributed by atoms with van der Waals surface area (Å²) >= 11 is 0. The molecule has 1 atom stereocenters. The summed E-state index contributed by atoms with van der Waals surface area (Å²) in [5.41, 5.74) is 7.66. The van der Waals surface area contributed by atoms with Crippen LogP contribution in [0.1, 0.15) is 31.2 Å².